The highest BCUT2D eigenvalue weighted by atomic mass is 35.5. The minimum atomic E-state index is -0.770. The number of halogens is 1. The molecule has 1 aromatic rings. The number of carbonyl (C=O) groups is 1. The van der Waals surface area contributed by atoms with E-state index in [1.165, 1.54) is 0 Å². The van der Waals surface area contributed by atoms with Crippen molar-refractivity contribution in [1.29, 1.82) is 0 Å². The second kappa shape index (κ2) is 3.22. The summed E-state index contributed by atoms with van der Waals surface area (Å²) < 4.78 is 5.47. The molecule has 1 saturated carbocycles. The van der Waals surface area contributed by atoms with Gasteiger partial charge in [-0.3, -0.25) is 4.79 Å². The fourth-order valence-electron chi connectivity index (χ4n) is 2.93. The lowest BCUT2D eigenvalue weighted by Gasteiger charge is -2.42. The summed E-state index contributed by atoms with van der Waals surface area (Å²) in [5.74, 6) is -1.18. The van der Waals surface area contributed by atoms with Gasteiger partial charge in [-0.15, -0.1) is 0 Å². The smallest absolute Gasteiger partial charge is 0.310 e. The molecule has 2 aliphatic heterocycles. The summed E-state index contributed by atoms with van der Waals surface area (Å²) in [4.78, 5) is 11.2. The van der Waals surface area contributed by atoms with E-state index in [9.17, 15) is 9.90 Å². The average Bonchev–Trinajstić information content (AvgIpc) is 2.74. The molecule has 3 fully saturated rings. The molecule has 4 rings (SSSR count). The number of ether oxygens (including phenoxy) is 1. The standard InChI is InChI=1S/C12H11ClO3/c13-8-3-1-2-7(4-8)12-5-9(16-6-12)10(12)11(14)15/h1-4,9-10H,5-6H2,(H,14,15)/t9-,10+,12-/m1/s1. The number of hydrogen-bond donors (Lipinski definition) is 1. The summed E-state index contributed by atoms with van der Waals surface area (Å²) in [5, 5.41) is 9.84. The molecule has 0 amide bonds. The summed E-state index contributed by atoms with van der Waals surface area (Å²) in [7, 11) is 0. The first kappa shape index (κ1) is 10.1. The van der Waals surface area contributed by atoms with Crippen molar-refractivity contribution in [3.05, 3.63) is 34.9 Å². The third-order valence-corrected chi connectivity index (χ3v) is 3.99. The van der Waals surface area contributed by atoms with Crippen LogP contribution in [0.5, 0.6) is 0 Å². The predicted molar refractivity (Wildman–Crippen MR) is 58.6 cm³/mol. The van der Waals surface area contributed by atoms with Crippen LogP contribution in [0.4, 0.5) is 0 Å². The monoisotopic (exact) mass is 238 g/mol. The first-order chi connectivity index (χ1) is 7.63. The van der Waals surface area contributed by atoms with Gasteiger partial charge in [0.15, 0.2) is 0 Å². The topological polar surface area (TPSA) is 46.5 Å². The van der Waals surface area contributed by atoms with Crippen molar-refractivity contribution in [1.82, 2.24) is 0 Å². The van der Waals surface area contributed by atoms with E-state index in [-0.39, 0.29) is 11.5 Å². The minimum absolute atomic E-state index is 0.114. The lowest BCUT2D eigenvalue weighted by atomic mass is 9.58. The third-order valence-electron chi connectivity index (χ3n) is 3.75. The normalized spacial score (nSPS) is 35.8. The van der Waals surface area contributed by atoms with Gasteiger partial charge in [0.2, 0.25) is 0 Å². The molecule has 4 heteroatoms. The van der Waals surface area contributed by atoms with E-state index >= 15 is 0 Å². The van der Waals surface area contributed by atoms with Crippen LogP contribution < -0.4 is 0 Å². The minimum Gasteiger partial charge on any atom is -0.481 e. The Kier molecular flexibility index (Phi) is 2.03. The van der Waals surface area contributed by atoms with Crippen LogP contribution in [0.25, 0.3) is 0 Å². The molecule has 3 aliphatic rings. The molecule has 16 heavy (non-hydrogen) atoms. The van der Waals surface area contributed by atoms with E-state index < -0.39 is 11.9 Å². The average molecular weight is 239 g/mol. The van der Waals surface area contributed by atoms with Gasteiger partial charge in [0, 0.05) is 10.4 Å². The highest BCUT2D eigenvalue weighted by Gasteiger charge is 2.64. The van der Waals surface area contributed by atoms with Crippen molar-refractivity contribution in [2.75, 3.05) is 6.61 Å². The van der Waals surface area contributed by atoms with E-state index in [0.29, 0.717) is 11.6 Å². The fourth-order valence-corrected chi connectivity index (χ4v) is 3.12. The Balaban J connectivity index is 2.03. The maximum Gasteiger partial charge on any atom is 0.310 e. The first-order valence-corrected chi connectivity index (χ1v) is 5.62. The molecule has 0 aromatic heterocycles. The van der Waals surface area contributed by atoms with Gasteiger partial charge in [-0.25, -0.2) is 0 Å². The molecule has 84 valence electrons. The number of hydrogen-bond acceptors (Lipinski definition) is 2. The summed E-state index contributed by atoms with van der Waals surface area (Å²) in [6.45, 7) is 0.495. The molecular weight excluding hydrogens is 228 g/mol. The molecule has 3 atom stereocenters. The number of carboxylic acid groups (broad SMARTS) is 1. The van der Waals surface area contributed by atoms with Crippen LogP contribution in [-0.4, -0.2) is 23.8 Å². The highest BCUT2D eigenvalue weighted by Crippen LogP contribution is 2.56. The highest BCUT2D eigenvalue weighted by molar-refractivity contribution is 6.30. The summed E-state index contributed by atoms with van der Waals surface area (Å²) in [6, 6.07) is 7.44. The van der Waals surface area contributed by atoms with Crippen molar-refractivity contribution in [2.24, 2.45) is 5.92 Å². The van der Waals surface area contributed by atoms with Gasteiger partial charge >= 0.3 is 5.97 Å². The lowest BCUT2D eigenvalue weighted by molar-refractivity contribution is -0.150. The number of fused-ring (bicyclic) bond motifs is 1. The van der Waals surface area contributed by atoms with Gasteiger partial charge < -0.3 is 9.84 Å². The van der Waals surface area contributed by atoms with E-state index in [0.717, 1.165) is 12.0 Å². The van der Waals surface area contributed by atoms with Crippen molar-refractivity contribution in [3.63, 3.8) is 0 Å². The SMILES string of the molecule is O=C(O)[C@@H]1[C@H]2C[C@]1(c1cccc(Cl)c1)CO2. The molecule has 0 radical (unpaired) electrons. The Morgan fingerprint density at radius 1 is 1.56 bits per heavy atom. The Bertz CT molecular complexity index is 455. The van der Waals surface area contributed by atoms with Crippen molar-refractivity contribution in [3.8, 4) is 0 Å². The van der Waals surface area contributed by atoms with Crippen LogP contribution in [0.3, 0.4) is 0 Å². The lowest BCUT2D eigenvalue weighted by Crippen LogP contribution is -2.52. The number of carboxylic acids is 1. The largest absolute Gasteiger partial charge is 0.481 e. The summed E-state index contributed by atoms with van der Waals surface area (Å²) in [5.41, 5.74) is 0.641. The summed E-state index contributed by atoms with van der Waals surface area (Å²) in [6.07, 6.45) is 0.682. The van der Waals surface area contributed by atoms with Gasteiger partial charge in [-0.1, -0.05) is 23.7 Å². The van der Waals surface area contributed by atoms with Crippen molar-refractivity contribution >= 4 is 17.6 Å². The van der Waals surface area contributed by atoms with Gasteiger partial charge in [0.05, 0.1) is 18.6 Å². The third kappa shape index (κ3) is 1.16. The van der Waals surface area contributed by atoms with Crippen LogP contribution in [0.1, 0.15) is 12.0 Å². The van der Waals surface area contributed by atoms with Gasteiger partial charge in [0.1, 0.15) is 0 Å². The predicted octanol–water partition coefficient (Wildman–Crippen LogP) is 2.08. The fraction of sp³-hybridized carbons (Fsp3) is 0.417. The Hall–Kier alpha value is -1.06. The molecule has 1 aliphatic carbocycles. The Morgan fingerprint density at radius 2 is 2.38 bits per heavy atom. The van der Waals surface area contributed by atoms with Crippen LogP contribution in [0.15, 0.2) is 24.3 Å². The molecule has 2 heterocycles. The molecule has 3 nitrogen and oxygen atoms in total. The Morgan fingerprint density at radius 3 is 3.00 bits per heavy atom. The van der Waals surface area contributed by atoms with E-state index in [4.69, 9.17) is 16.3 Å². The van der Waals surface area contributed by atoms with E-state index in [1.807, 2.05) is 18.2 Å². The summed E-state index contributed by atoms with van der Waals surface area (Å²) >= 11 is 5.94. The second-order valence-electron chi connectivity index (χ2n) is 4.54. The molecule has 0 unspecified atom stereocenters. The van der Waals surface area contributed by atoms with Gasteiger partial charge in [-0.2, -0.15) is 0 Å². The zero-order chi connectivity index (χ0) is 11.3. The van der Waals surface area contributed by atoms with E-state index in [1.54, 1.807) is 6.07 Å². The maximum atomic E-state index is 11.2. The van der Waals surface area contributed by atoms with Gasteiger partial charge in [-0.05, 0) is 24.1 Å². The zero-order valence-electron chi connectivity index (χ0n) is 8.52. The van der Waals surface area contributed by atoms with Crippen molar-refractivity contribution < 1.29 is 14.6 Å². The van der Waals surface area contributed by atoms with E-state index in [2.05, 4.69) is 0 Å². The number of benzene rings is 1. The molecular formula is C12H11ClO3. The molecule has 1 N–H and O–H groups in total. The zero-order valence-corrected chi connectivity index (χ0v) is 9.28. The molecule has 0 spiro atoms. The number of rotatable bonds is 2. The van der Waals surface area contributed by atoms with Crippen molar-refractivity contribution in [2.45, 2.75) is 17.9 Å². The van der Waals surface area contributed by atoms with Crippen LogP contribution in [0.2, 0.25) is 5.02 Å². The molecule has 2 saturated heterocycles. The Labute approximate surface area is 98.0 Å². The van der Waals surface area contributed by atoms with Crippen LogP contribution in [-0.2, 0) is 14.9 Å². The van der Waals surface area contributed by atoms with Crippen LogP contribution in [0, 0.1) is 5.92 Å². The first-order valence-electron chi connectivity index (χ1n) is 5.24. The molecule has 2 bridgehead atoms. The quantitative estimate of drug-likeness (QED) is 0.858. The maximum absolute atomic E-state index is 11.2. The van der Waals surface area contributed by atoms with Gasteiger partial charge in [0.25, 0.3) is 0 Å². The number of aliphatic carboxylic acids is 1. The van der Waals surface area contributed by atoms with Crippen LogP contribution >= 0.6 is 11.6 Å². The second-order valence-corrected chi connectivity index (χ2v) is 4.97. The molecule has 1 aromatic carbocycles.